The van der Waals surface area contributed by atoms with Crippen molar-refractivity contribution in [3.05, 3.63) is 15.6 Å². The molecule has 2 heterocycles. The molecule has 1 fully saturated rings. The number of hydrogen-bond acceptors (Lipinski definition) is 4. The fraction of sp³-hybridized carbons (Fsp3) is 0.600. The van der Waals surface area contributed by atoms with Crippen molar-refractivity contribution in [2.75, 3.05) is 12.3 Å². The third kappa shape index (κ3) is 2.03. The van der Waals surface area contributed by atoms with E-state index in [4.69, 9.17) is 0 Å². The summed E-state index contributed by atoms with van der Waals surface area (Å²) in [6, 6.07) is 0. The Morgan fingerprint density at radius 3 is 2.73 bits per heavy atom. The van der Waals surface area contributed by atoms with Crippen LogP contribution in [0.25, 0.3) is 0 Å². The van der Waals surface area contributed by atoms with E-state index in [1.165, 1.54) is 11.3 Å². The van der Waals surface area contributed by atoms with Crippen molar-refractivity contribution in [1.82, 2.24) is 9.88 Å². The number of nitrogens with zero attached hydrogens (tertiary/aromatic N) is 2. The summed E-state index contributed by atoms with van der Waals surface area (Å²) in [7, 11) is 0. The maximum atomic E-state index is 12.2. The second-order valence-corrected chi connectivity index (χ2v) is 6.24. The van der Waals surface area contributed by atoms with Crippen LogP contribution in [-0.2, 0) is 0 Å². The van der Waals surface area contributed by atoms with Crippen molar-refractivity contribution >= 4 is 29.0 Å². The Hall–Kier alpha value is -0.550. The predicted molar refractivity (Wildman–Crippen MR) is 64.5 cm³/mol. The van der Waals surface area contributed by atoms with Crippen LogP contribution in [0.15, 0.2) is 0 Å². The molecule has 0 aliphatic carbocycles. The summed E-state index contributed by atoms with van der Waals surface area (Å²) in [4.78, 5) is 19.2. The Bertz CT molecular complexity index is 389. The number of thiazole rings is 1. The summed E-state index contributed by atoms with van der Waals surface area (Å²) >= 11 is 3.33. The van der Waals surface area contributed by atoms with Crippen molar-refractivity contribution in [2.45, 2.75) is 26.1 Å². The quantitative estimate of drug-likeness (QED) is 0.757. The van der Waals surface area contributed by atoms with Gasteiger partial charge in [-0.3, -0.25) is 4.79 Å². The van der Waals surface area contributed by atoms with Crippen molar-refractivity contribution in [3.8, 4) is 0 Å². The largest absolute Gasteiger partial charge is 0.325 e. The molecular weight excluding hydrogens is 228 g/mol. The molecule has 0 aromatic carbocycles. The Morgan fingerprint density at radius 2 is 2.27 bits per heavy atom. The van der Waals surface area contributed by atoms with Crippen LogP contribution in [0.2, 0.25) is 0 Å². The monoisotopic (exact) mass is 242 g/mol. The van der Waals surface area contributed by atoms with Crippen molar-refractivity contribution in [2.24, 2.45) is 0 Å². The van der Waals surface area contributed by atoms with Gasteiger partial charge in [0.25, 0.3) is 5.91 Å². The number of thioether (sulfide) groups is 1. The molecule has 2 rings (SSSR count). The molecule has 1 aromatic rings. The molecule has 5 heteroatoms. The van der Waals surface area contributed by atoms with Gasteiger partial charge in [0.2, 0.25) is 0 Å². The van der Waals surface area contributed by atoms with Crippen molar-refractivity contribution < 1.29 is 4.79 Å². The van der Waals surface area contributed by atoms with Gasteiger partial charge in [-0.25, -0.2) is 4.98 Å². The highest BCUT2D eigenvalue weighted by Crippen LogP contribution is 2.27. The van der Waals surface area contributed by atoms with Crippen LogP contribution in [-0.4, -0.2) is 33.5 Å². The fourth-order valence-corrected chi connectivity index (χ4v) is 3.62. The SMILES string of the molecule is Cc1nc(C)c(C(=O)N2CCSC2C)s1. The lowest BCUT2D eigenvalue weighted by Crippen LogP contribution is -2.32. The molecule has 15 heavy (non-hydrogen) atoms. The summed E-state index contributed by atoms with van der Waals surface area (Å²) in [5.74, 6) is 1.19. The number of amides is 1. The Labute approximate surface area is 97.9 Å². The molecule has 0 radical (unpaired) electrons. The number of aryl methyl sites for hydroxylation is 2. The van der Waals surface area contributed by atoms with Crippen LogP contribution in [0.3, 0.4) is 0 Å². The first-order chi connectivity index (χ1) is 7.09. The Balaban J connectivity index is 2.24. The highest BCUT2D eigenvalue weighted by molar-refractivity contribution is 8.00. The topological polar surface area (TPSA) is 33.2 Å². The second-order valence-electron chi connectivity index (χ2n) is 3.62. The maximum absolute atomic E-state index is 12.2. The van der Waals surface area contributed by atoms with Crippen LogP contribution < -0.4 is 0 Å². The van der Waals surface area contributed by atoms with E-state index < -0.39 is 0 Å². The van der Waals surface area contributed by atoms with Crippen LogP contribution in [0.5, 0.6) is 0 Å². The fourth-order valence-electron chi connectivity index (χ4n) is 1.72. The molecular formula is C10H14N2OS2. The minimum absolute atomic E-state index is 0.149. The van der Waals surface area contributed by atoms with Gasteiger partial charge in [0.1, 0.15) is 4.88 Å². The molecule has 0 spiro atoms. The summed E-state index contributed by atoms with van der Waals surface area (Å²) in [5, 5.41) is 1.27. The van der Waals surface area contributed by atoms with Gasteiger partial charge in [0.15, 0.2) is 0 Å². The van der Waals surface area contributed by atoms with Crippen LogP contribution >= 0.6 is 23.1 Å². The highest BCUT2D eigenvalue weighted by atomic mass is 32.2. The van der Waals surface area contributed by atoms with Crippen molar-refractivity contribution in [1.29, 1.82) is 0 Å². The number of carbonyl (C=O) groups excluding carboxylic acids is 1. The van der Waals surface area contributed by atoms with E-state index in [1.807, 2.05) is 30.5 Å². The van der Waals surface area contributed by atoms with Gasteiger partial charge in [0.05, 0.1) is 16.1 Å². The summed E-state index contributed by atoms with van der Waals surface area (Å²) in [5.41, 5.74) is 0.867. The van der Waals surface area contributed by atoms with Gasteiger partial charge in [0, 0.05) is 12.3 Å². The van der Waals surface area contributed by atoms with Gasteiger partial charge in [-0.2, -0.15) is 0 Å². The minimum Gasteiger partial charge on any atom is -0.325 e. The third-order valence-electron chi connectivity index (χ3n) is 2.49. The Morgan fingerprint density at radius 1 is 1.53 bits per heavy atom. The first-order valence-corrected chi connectivity index (χ1v) is 6.82. The molecule has 1 amide bonds. The van der Waals surface area contributed by atoms with Crippen LogP contribution in [0.4, 0.5) is 0 Å². The molecule has 1 aromatic heterocycles. The number of hydrogen-bond donors (Lipinski definition) is 0. The normalized spacial score (nSPS) is 21.0. The summed E-state index contributed by atoms with van der Waals surface area (Å²) in [6.07, 6.45) is 0. The summed E-state index contributed by atoms with van der Waals surface area (Å²) < 4.78 is 0. The van der Waals surface area contributed by atoms with E-state index in [9.17, 15) is 4.79 Å². The Kier molecular flexibility index (Phi) is 3.02. The molecule has 1 aliphatic rings. The minimum atomic E-state index is 0.149. The van der Waals surface area contributed by atoms with E-state index in [1.54, 1.807) is 0 Å². The summed E-state index contributed by atoms with van der Waals surface area (Å²) in [6.45, 7) is 6.79. The molecule has 82 valence electrons. The van der Waals surface area contributed by atoms with E-state index >= 15 is 0 Å². The average Bonchev–Trinajstić information content (AvgIpc) is 2.71. The first kappa shape index (κ1) is 11.0. The molecule has 1 aliphatic heterocycles. The zero-order valence-electron chi connectivity index (χ0n) is 9.11. The average molecular weight is 242 g/mol. The van der Waals surface area contributed by atoms with Gasteiger partial charge in [-0.15, -0.1) is 23.1 Å². The maximum Gasteiger partial charge on any atom is 0.266 e. The molecule has 1 saturated heterocycles. The molecule has 3 nitrogen and oxygen atoms in total. The zero-order valence-corrected chi connectivity index (χ0v) is 10.7. The standard InChI is InChI=1S/C10H14N2OS2/c1-6-9(15-7(2)11-6)10(13)12-4-5-14-8(12)3/h8H,4-5H2,1-3H3. The van der Waals surface area contributed by atoms with E-state index in [0.717, 1.165) is 27.9 Å². The van der Waals surface area contributed by atoms with Crippen molar-refractivity contribution in [3.63, 3.8) is 0 Å². The lowest BCUT2D eigenvalue weighted by Gasteiger charge is -2.19. The van der Waals surface area contributed by atoms with Gasteiger partial charge < -0.3 is 4.90 Å². The van der Waals surface area contributed by atoms with E-state index in [-0.39, 0.29) is 5.91 Å². The zero-order chi connectivity index (χ0) is 11.0. The smallest absolute Gasteiger partial charge is 0.266 e. The molecule has 1 unspecified atom stereocenters. The van der Waals surface area contributed by atoms with Gasteiger partial charge in [-0.05, 0) is 20.8 Å². The number of aromatic nitrogens is 1. The highest BCUT2D eigenvalue weighted by Gasteiger charge is 2.28. The van der Waals surface area contributed by atoms with Crippen LogP contribution in [0, 0.1) is 13.8 Å². The first-order valence-electron chi connectivity index (χ1n) is 4.96. The van der Waals surface area contributed by atoms with Gasteiger partial charge >= 0.3 is 0 Å². The number of carbonyl (C=O) groups is 1. The predicted octanol–water partition coefficient (Wildman–Crippen LogP) is 2.29. The second kappa shape index (κ2) is 4.14. The molecule has 0 N–H and O–H groups in total. The van der Waals surface area contributed by atoms with E-state index in [2.05, 4.69) is 11.9 Å². The molecule has 0 bridgehead atoms. The number of rotatable bonds is 1. The third-order valence-corrected chi connectivity index (χ3v) is 4.70. The lowest BCUT2D eigenvalue weighted by molar-refractivity contribution is 0.0772. The van der Waals surface area contributed by atoms with Gasteiger partial charge in [-0.1, -0.05) is 0 Å². The van der Waals surface area contributed by atoms with Crippen LogP contribution in [0.1, 0.15) is 27.3 Å². The lowest BCUT2D eigenvalue weighted by atomic mass is 10.3. The molecule has 0 saturated carbocycles. The molecule has 1 atom stereocenters. The van der Waals surface area contributed by atoms with E-state index in [0.29, 0.717) is 5.37 Å².